The maximum Gasteiger partial charge on any atom is 0.273 e. The molecule has 0 radical (unpaired) electrons. The quantitative estimate of drug-likeness (QED) is 0.669. The van der Waals surface area contributed by atoms with Crippen LogP contribution in [-0.4, -0.2) is 9.91 Å². The Morgan fingerprint density at radius 1 is 1.40 bits per heavy atom. The molecular weight excluding hydrogens is 322 g/mol. The molecule has 0 amide bonds. The summed E-state index contributed by atoms with van der Waals surface area (Å²) in [5.74, 6) is 0. The van der Waals surface area contributed by atoms with Gasteiger partial charge in [-0.2, -0.15) is 0 Å². The van der Waals surface area contributed by atoms with Crippen molar-refractivity contribution in [2.75, 3.05) is 0 Å². The molecule has 0 spiro atoms. The Kier molecular flexibility index (Phi) is 4.81. The molecule has 0 unspecified atom stereocenters. The van der Waals surface area contributed by atoms with Crippen LogP contribution in [0.15, 0.2) is 47.1 Å². The van der Waals surface area contributed by atoms with Gasteiger partial charge >= 0.3 is 0 Å². The molecule has 20 heavy (non-hydrogen) atoms. The maximum absolute atomic E-state index is 11.0. The summed E-state index contributed by atoms with van der Waals surface area (Å²) in [5, 5.41) is 14.2. The van der Waals surface area contributed by atoms with Gasteiger partial charge in [0.15, 0.2) is 0 Å². The summed E-state index contributed by atoms with van der Waals surface area (Å²) >= 11 is 3.33. The zero-order valence-electron chi connectivity index (χ0n) is 10.9. The van der Waals surface area contributed by atoms with Gasteiger partial charge in [-0.25, -0.2) is 0 Å². The fraction of sp³-hybridized carbons (Fsp3) is 0.214. The van der Waals surface area contributed by atoms with Crippen molar-refractivity contribution in [2.24, 2.45) is 0 Å². The van der Waals surface area contributed by atoms with E-state index in [4.69, 9.17) is 0 Å². The number of nitrogens with zero attached hydrogens (tertiary/aromatic N) is 2. The highest BCUT2D eigenvalue weighted by atomic mass is 79.9. The molecule has 6 heteroatoms. The monoisotopic (exact) mass is 335 g/mol. The lowest BCUT2D eigenvalue weighted by atomic mass is 10.1. The Bertz CT molecular complexity index is 605. The first-order valence-corrected chi connectivity index (χ1v) is 6.94. The second kappa shape index (κ2) is 6.58. The van der Waals surface area contributed by atoms with Crippen molar-refractivity contribution in [3.63, 3.8) is 0 Å². The standard InChI is InChI=1S/C14H14BrN3O2/c1-10(13-4-2-3-7-16-13)17-9-11-8-12(15)5-6-14(11)18(19)20/h2-8,10,17H,9H2,1H3/t10-/m0/s1. The lowest BCUT2D eigenvalue weighted by Crippen LogP contribution is -2.19. The van der Waals surface area contributed by atoms with Gasteiger partial charge in [0.25, 0.3) is 5.69 Å². The molecule has 1 aromatic carbocycles. The van der Waals surface area contributed by atoms with E-state index in [2.05, 4.69) is 26.2 Å². The van der Waals surface area contributed by atoms with Crippen LogP contribution >= 0.6 is 15.9 Å². The minimum Gasteiger partial charge on any atom is -0.304 e. The minimum atomic E-state index is -0.366. The molecular formula is C14H14BrN3O2. The number of pyridine rings is 1. The van der Waals surface area contributed by atoms with Crippen LogP contribution in [-0.2, 0) is 6.54 Å². The zero-order valence-corrected chi connectivity index (χ0v) is 12.5. The van der Waals surface area contributed by atoms with Gasteiger partial charge in [-0.15, -0.1) is 0 Å². The summed E-state index contributed by atoms with van der Waals surface area (Å²) in [4.78, 5) is 14.9. The average Bonchev–Trinajstić information content (AvgIpc) is 2.45. The largest absolute Gasteiger partial charge is 0.304 e. The van der Waals surface area contributed by atoms with E-state index in [0.29, 0.717) is 12.1 Å². The van der Waals surface area contributed by atoms with Crippen molar-refractivity contribution in [3.05, 3.63) is 68.4 Å². The second-order valence-electron chi connectivity index (χ2n) is 4.39. The Hall–Kier alpha value is -1.79. The third-order valence-corrected chi connectivity index (χ3v) is 3.46. The molecule has 0 fully saturated rings. The van der Waals surface area contributed by atoms with Gasteiger partial charge in [-0.3, -0.25) is 15.1 Å². The minimum absolute atomic E-state index is 0.0229. The van der Waals surface area contributed by atoms with Crippen LogP contribution < -0.4 is 5.32 Å². The third kappa shape index (κ3) is 3.61. The summed E-state index contributed by atoms with van der Waals surface area (Å²) in [5.41, 5.74) is 1.67. The number of aromatic nitrogens is 1. The lowest BCUT2D eigenvalue weighted by Gasteiger charge is -2.13. The van der Waals surface area contributed by atoms with Gasteiger partial charge in [0.1, 0.15) is 0 Å². The van der Waals surface area contributed by atoms with Crippen LogP contribution in [0.25, 0.3) is 0 Å². The Morgan fingerprint density at radius 3 is 2.85 bits per heavy atom. The van der Waals surface area contributed by atoms with E-state index in [1.807, 2.05) is 25.1 Å². The molecule has 1 heterocycles. The normalized spacial score (nSPS) is 12.1. The lowest BCUT2D eigenvalue weighted by molar-refractivity contribution is -0.385. The van der Waals surface area contributed by atoms with Crippen LogP contribution in [0, 0.1) is 10.1 Å². The average molecular weight is 336 g/mol. The topological polar surface area (TPSA) is 68.1 Å². The smallest absolute Gasteiger partial charge is 0.273 e. The highest BCUT2D eigenvalue weighted by Crippen LogP contribution is 2.23. The SMILES string of the molecule is C[C@H](NCc1cc(Br)ccc1[N+](=O)[O-])c1ccccn1. The van der Waals surface area contributed by atoms with Crippen molar-refractivity contribution in [3.8, 4) is 0 Å². The van der Waals surface area contributed by atoms with Gasteiger partial charge < -0.3 is 5.32 Å². The number of rotatable bonds is 5. The molecule has 0 aliphatic heterocycles. The molecule has 104 valence electrons. The van der Waals surface area contributed by atoms with Crippen molar-refractivity contribution >= 4 is 21.6 Å². The third-order valence-electron chi connectivity index (χ3n) is 2.97. The van der Waals surface area contributed by atoms with Crippen LogP contribution in [0.3, 0.4) is 0 Å². The number of halogens is 1. The molecule has 1 aromatic heterocycles. The number of benzene rings is 1. The summed E-state index contributed by atoms with van der Waals surface area (Å²) < 4.78 is 0.824. The van der Waals surface area contributed by atoms with E-state index in [-0.39, 0.29) is 16.7 Å². The molecule has 1 atom stereocenters. The zero-order chi connectivity index (χ0) is 14.5. The molecule has 0 saturated carbocycles. The van der Waals surface area contributed by atoms with Crippen LogP contribution in [0.2, 0.25) is 0 Å². The first-order chi connectivity index (χ1) is 9.58. The van der Waals surface area contributed by atoms with Crippen molar-refractivity contribution in [1.29, 1.82) is 0 Å². The first kappa shape index (κ1) is 14.6. The van der Waals surface area contributed by atoms with Gasteiger partial charge in [0.2, 0.25) is 0 Å². The van der Waals surface area contributed by atoms with Crippen LogP contribution in [0.1, 0.15) is 24.2 Å². The fourth-order valence-electron chi connectivity index (χ4n) is 1.87. The maximum atomic E-state index is 11.0. The predicted octanol–water partition coefficient (Wildman–Crippen LogP) is 3.60. The van der Waals surface area contributed by atoms with Gasteiger partial charge in [0, 0.05) is 34.9 Å². The van der Waals surface area contributed by atoms with Crippen molar-refractivity contribution < 1.29 is 4.92 Å². The Balaban J connectivity index is 2.11. The molecule has 0 aliphatic rings. The molecule has 0 aliphatic carbocycles. The van der Waals surface area contributed by atoms with Gasteiger partial charge in [-0.05, 0) is 31.2 Å². The van der Waals surface area contributed by atoms with Gasteiger partial charge in [0.05, 0.1) is 10.6 Å². The van der Waals surface area contributed by atoms with E-state index in [1.54, 1.807) is 18.3 Å². The highest BCUT2D eigenvalue weighted by molar-refractivity contribution is 9.10. The van der Waals surface area contributed by atoms with E-state index < -0.39 is 0 Å². The Labute approximate surface area is 125 Å². The number of hydrogen-bond donors (Lipinski definition) is 1. The molecule has 0 bridgehead atoms. The number of nitro benzene ring substituents is 1. The summed E-state index contributed by atoms with van der Waals surface area (Å²) in [6, 6.07) is 10.7. The molecule has 2 rings (SSSR count). The van der Waals surface area contributed by atoms with Crippen molar-refractivity contribution in [2.45, 2.75) is 19.5 Å². The van der Waals surface area contributed by atoms with E-state index in [9.17, 15) is 10.1 Å². The van der Waals surface area contributed by atoms with Crippen LogP contribution in [0.5, 0.6) is 0 Å². The summed E-state index contributed by atoms with van der Waals surface area (Å²) in [6.45, 7) is 2.39. The second-order valence-corrected chi connectivity index (χ2v) is 5.30. The summed E-state index contributed by atoms with van der Waals surface area (Å²) in [7, 11) is 0. The number of nitro groups is 1. The van der Waals surface area contributed by atoms with E-state index >= 15 is 0 Å². The predicted molar refractivity (Wildman–Crippen MR) is 80.3 cm³/mol. The number of nitrogens with one attached hydrogen (secondary N) is 1. The Morgan fingerprint density at radius 2 is 2.20 bits per heavy atom. The van der Waals surface area contributed by atoms with E-state index in [0.717, 1.165) is 10.2 Å². The van der Waals surface area contributed by atoms with E-state index in [1.165, 1.54) is 6.07 Å². The molecule has 1 N–H and O–H groups in total. The number of hydrogen-bond acceptors (Lipinski definition) is 4. The first-order valence-electron chi connectivity index (χ1n) is 6.15. The molecule has 5 nitrogen and oxygen atoms in total. The highest BCUT2D eigenvalue weighted by Gasteiger charge is 2.15. The molecule has 0 saturated heterocycles. The van der Waals surface area contributed by atoms with Crippen LogP contribution in [0.4, 0.5) is 5.69 Å². The van der Waals surface area contributed by atoms with Crippen molar-refractivity contribution in [1.82, 2.24) is 10.3 Å². The van der Waals surface area contributed by atoms with Gasteiger partial charge in [-0.1, -0.05) is 22.0 Å². The summed E-state index contributed by atoms with van der Waals surface area (Å²) in [6.07, 6.45) is 1.73. The fourth-order valence-corrected chi connectivity index (χ4v) is 2.28. The molecule has 2 aromatic rings.